The van der Waals surface area contributed by atoms with E-state index in [-0.39, 0.29) is 21.7 Å². The van der Waals surface area contributed by atoms with Gasteiger partial charge in [0.05, 0.1) is 22.1 Å². The highest BCUT2D eigenvalue weighted by Crippen LogP contribution is 2.43. The summed E-state index contributed by atoms with van der Waals surface area (Å²) < 4.78 is 38.8. The number of nitriles is 1. The molecule has 2 aromatic rings. The maximum atomic E-state index is 12.9. The number of alkyl halides is 3. The van der Waals surface area contributed by atoms with Gasteiger partial charge in [-0.05, 0) is 23.8 Å². The van der Waals surface area contributed by atoms with Crippen LogP contribution in [0.3, 0.4) is 0 Å². The number of phenolic OH excluding ortho intramolecular Hbond substituents is 1. The molecule has 0 amide bonds. The molecule has 118 valence electrons. The molecule has 0 atom stereocenters. The first kappa shape index (κ1) is 16.6. The minimum Gasteiger partial charge on any atom is -0.507 e. The Balaban J connectivity index is 2.76. The molecular formula is C14H6ClF3N2O3. The van der Waals surface area contributed by atoms with Gasteiger partial charge in [0, 0.05) is 11.6 Å². The number of nitro groups is 1. The first-order valence-electron chi connectivity index (χ1n) is 5.93. The molecule has 0 aliphatic heterocycles. The lowest BCUT2D eigenvalue weighted by Gasteiger charge is -2.13. The van der Waals surface area contributed by atoms with Crippen LogP contribution in [0, 0.1) is 21.4 Å². The van der Waals surface area contributed by atoms with E-state index in [1.165, 1.54) is 6.07 Å². The second-order valence-electron chi connectivity index (χ2n) is 4.45. The Kier molecular flexibility index (Phi) is 4.16. The molecule has 0 spiro atoms. The summed E-state index contributed by atoms with van der Waals surface area (Å²) >= 11 is 5.64. The van der Waals surface area contributed by atoms with E-state index in [1.807, 2.05) is 0 Å². The molecule has 1 N–H and O–H groups in total. The fourth-order valence-electron chi connectivity index (χ4n) is 1.96. The van der Waals surface area contributed by atoms with Gasteiger partial charge in [-0.1, -0.05) is 17.7 Å². The standard InChI is InChI=1S/C14H6ClF3N2O3/c15-11-2-1-8(5-12(11)20(22)23)9-3-7(6-19)4-10(13(9)21)14(16,17)18/h1-5,21H. The van der Waals surface area contributed by atoms with E-state index in [9.17, 15) is 28.4 Å². The SMILES string of the molecule is N#Cc1cc(-c2ccc(Cl)c([N+](=O)[O-])c2)c(O)c(C(F)(F)F)c1. The van der Waals surface area contributed by atoms with Gasteiger partial charge in [0.1, 0.15) is 10.8 Å². The number of nitrogens with zero attached hydrogens (tertiary/aromatic N) is 2. The quantitative estimate of drug-likeness (QED) is 0.642. The minimum absolute atomic E-state index is 0.0683. The zero-order valence-electron chi connectivity index (χ0n) is 11.1. The van der Waals surface area contributed by atoms with Crippen LogP contribution in [0.5, 0.6) is 5.75 Å². The normalized spacial score (nSPS) is 11.1. The molecule has 0 saturated heterocycles. The Morgan fingerprint density at radius 1 is 1.26 bits per heavy atom. The molecule has 0 unspecified atom stereocenters. The zero-order chi connectivity index (χ0) is 17.4. The van der Waals surface area contributed by atoms with E-state index in [0.717, 1.165) is 18.2 Å². The summed E-state index contributed by atoms with van der Waals surface area (Å²) in [5, 5.41) is 29.4. The van der Waals surface area contributed by atoms with E-state index in [2.05, 4.69) is 0 Å². The van der Waals surface area contributed by atoms with Gasteiger partial charge < -0.3 is 5.11 Å². The summed E-state index contributed by atoms with van der Waals surface area (Å²) in [6.07, 6.45) is -4.88. The molecular weight excluding hydrogens is 337 g/mol. The third kappa shape index (κ3) is 3.19. The van der Waals surface area contributed by atoms with Crippen molar-refractivity contribution in [3.05, 3.63) is 56.6 Å². The van der Waals surface area contributed by atoms with Crippen LogP contribution in [0.15, 0.2) is 30.3 Å². The molecule has 5 nitrogen and oxygen atoms in total. The fraction of sp³-hybridized carbons (Fsp3) is 0.0714. The summed E-state index contributed by atoms with van der Waals surface area (Å²) in [5.41, 5.74) is -2.69. The summed E-state index contributed by atoms with van der Waals surface area (Å²) in [5.74, 6) is -1.12. The molecule has 0 bridgehead atoms. The third-order valence-electron chi connectivity index (χ3n) is 3.00. The number of hydrogen-bond acceptors (Lipinski definition) is 4. The van der Waals surface area contributed by atoms with Crippen molar-refractivity contribution in [2.45, 2.75) is 6.18 Å². The van der Waals surface area contributed by atoms with E-state index in [1.54, 1.807) is 6.07 Å². The number of hydrogen-bond donors (Lipinski definition) is 1. The summed E-state index contributed by atoms with van der Waals surface area (Å²) in [4.78, 5) is 10.1. The van der Waals surface area contributed by atoms with Crippen LogP contribution in [-0.4, -0.2) is 10.0 Å². The minimum atomic E-state index is -4.88. The highest BCUT2D eigenvalue weighted by molar-refractivity contribution is 6.32. The Hall–Kier alpha value is -2.79. The summed E-state index contributed by atoms with van der Waals surface area (Å²) in [6, 6.07) is 6.34. The number of rotatable bonds is 2. The fourth-order valence-corrected chi connectivity index (χ4v) is 2.14. The van der Waals surface area contributed by atoms with Crippen LogP contribution in [0.25, 0.3) is 11.1 Å². The van der Waals surface area contributed by atoms with Crippen molar-refractivity contribution in [1.82, 2.24) is 0 Å². The molecule has 0 aromatic heterocycles. The molecule has 0 fully saturated rings. The molecule has 0 saturated carbocycles. The molecule has 0 heterocycles. The second-order valence-corrected chi connectivity index (χ2v) is 4.86. The predicted octanol–water partition coefficient (Wildman–Crippen LogP) is 4.51. The lowest BCUT2D eigenvalue weighted by molar-refractivity contribution is -0.384. The molecule has 2 rings (SSSR count). The van der Waals surface area contributed by atoms with E-state index in [4.69, 9.17) is 16.9 Å². The maximum Gasteiger partial charge on any atom is 0.420 e. The maximum absolute atomic E-state index is 12.9. The van der Waals surface area contributed by atoms with Crippen molar-refractivity contribution in [2.24, 2.45) is 0 Å². The van der Waals surface area contributed by atoms with Crippen molar-refractivity contribution in [2.75, 3.05) is 0 Å². The largest absolute Gasteiger partial charge is 0.507 e. The monoisotopic (exact) mass is 342 g/mol. The summed E-state index contributed by atoms with van der Waals surface area (Å²) in [6.45, 7) is 0. The average Bonchev–Trinajstić information content (AvgIpc) is 2.46. The van der Waals surface area contributed by atoms with Crippen LogP contribution in [0.2, 0.25) is 5.02 Å². The first-order chi connectivity index (χ1) is 10.6. The van der Waals surface area contributed by atoms with Gasteiger partial charge in [-0.3, -0.25) is 10.1 Å². The lowest BCUT2D eigenvalue weighted by Crippen LogP contribution is -2.06. The number of halogens is 4. The van der Waals surface area contributed by atoms with E-state index in [0.29, 0.717) is 6.07 Å². The highest BCUT2D eigenvalue weighted by Gasteiger charge is 2.35. The molecule has 2 aromatic carbocycles. The van der Waals surface area contributed by atoms with Crippen molar-refractivity contribution in [3.8, 4) is 22.9 Å². The summed E-state index contributed by atoms with van der Waals surface area (Å²) in [7, 11) is 0. The van der Waals surface area contributed by atoms with Gasteiger partial charge in [0.25, 0.3) is 5.69 Å². The van der Waals surface area contributed by atoms with Crippen molar-refractivity contribution >= 4 is 17.3 Å². The van der Waals surface area contributed by atoms with Crippen LogP contribution >= 0.6 is 11.6 Å². The Bertz CT molecular complexity index is 844. The van der Waals surface area contributed by atoms with Crippen molar-refractivity contribution in [3.63, 3.8) is 0 Å². The van der Waals surface area contributed by atoms with E-state index < -0.39 is 28.1 Å². The van der Waals surface area contributed by atoms with Crippen molar-refractivity contribution in [1.29, 1.82) is 5.26 Å². The molecule has 0 radical (unpaired) electrons. The van der Waals surface area contributed by atoms with Gasteiger partial charge >= 0.3 is 6.18 Å². The van der Waals surface area contributed by atoms with Crippen LogP contribution in [0.4, 0.5) is 18.9 Å². The predicted molar refractivity (Wildman–Crippen MR) is 74.9 cm³/mol. The third-order valence-corrected chi connectivity index (χ3v) is 3.32. The number of benzene rings is 2. The number of nitro benzene ring substituents is 1. The molecule has 23 heavy (non-hydrogen) atoms. The molecule has 0 aliphatic carbocycles. The van der Waals surface area contributed by atoms with Crippen LogP contribution < -0.4 is 0 Å². The Labute approximate surface area is 132 Å². The van der Waals surface area contributed by atoms with Crippen LogP contribution in [0.1, 0.15) is 11.1 Å². The molecule has 9 heteroatoms. The first-order valence-corrected chi connectivity index (χ1v) is 6.31. The van der Waals surface area contributed by atoms with Crippen molar-refractivity contribution < 1.29 is 23.2 Å². The topological polar surface area (TPSA) is 87.2 Å². The zero-order valence-corrected chi connectivity index (χ0v) is 11.8. The van der Waals surface area contributed by atoms with E-state index >= 15 is 0 Å². The molecule has 0 aliphatic rings. The Morgan fingerprint density at radius 2 is 1.91 bits per heavy atom. The van der Waals surface area contributed by atoms with Gasteiger partial charge in [-0.25, -0.2) is 0 Å². The van der Waals surface area contributed by atoms with Crippen LogP contribution in [-0.2, 0) is 6.18 Å². The second kappa shape index (κ2) is 5.78. The van der Waals surface area contributed by atoms with Gasteiger partial charge in [0.2, 0.25) is 0 Å². The van der Waals surface area contributed by atoms with Gasteiger partial charge in [0.15, 0.2) is 0 Å². The highest BCUT2D eigenvalue weighted by atomic mass is 35.5. The number of phenols is 1. The smallest absolute Gasteiger partial charge is 0.420 e. The van der Waals surface area contributed by atoms with Gasteiger partial charge in [-0.15, -0.1) is 0 Å². The number of aromatic hydroxyl groups is 1. The Morgan fingerprint density at radius 3 is 2.43 bits per heavy atom. The van der Waals surface area contributed by atoms with Gasteiger partial charge in [-0.2, -0.15) is 18.4 Å². The average molecular weight is 343 g/mol. The lowest BCUT2D eigenvalue weighted by atomic mass is 9.98.